The Balaban J connectivity index is 2.16. The molecule has 0 N–H and O–H groups in total. The van der Waals surface area contributed by atoms with E-state index in [0.29, 0.717) is 24.7 Å². The second-order valence-electron chi connectivity index (χ2n) is 5.09. The Hall–Kier alpha value is -1.42. The highest BCUT2D eigenvalue weighted by molar-refractivity contribution is 5.94. The maximum Gasteiger partial charge on any atom is 0.256 e. The third-order valence-corrected chi connectivity index (χ3v) is 3.60. The van der Waals surface area contributed by atoms with Crippen LogP contribution in [0.25, 0.3) is 0 Å². The molecule has 1 amide bonds. The number of amides is 1. The number of likely N-dealkylation sites (tertiary alicyclic amines) is 1. The van der Waals surface area contributed by atoms with Crippen LogP contribution < -0.4 is 0 Å². The first-order valence-electron chi connectivity index (χ1n) is 6.21. The molecule has 0 spiro atoms. The van der Waals surface area contributed by atoms with Crippen molar-refractivity contribution >= 4 is 5.91 Å². The van der Waals surface area contributed by atoms with Gasteiger partial charge in [-0.3, -0.25) is 4.79 Å². The van der Waals surface area contributed by atoms with Gasteiger partial charge in [-0.25, -0.2) is 4.39 Å². The second kappa shape index (κ2) is 5.06. The molecule has 1 heterocycles. The summed E-state index contributed by atoms with van der Waals surface area (Å²) in [5.74, 6) is -0.587. The molecule has 0 saturated carbocycles. The average Bonchev–Trinajstić information content (AvgIpc) is 2.81. The number of hydrogen-bond donors (Lipinski definition) is 0. The lowest BCUT2D eigenvalue weighted by Gasteiger charge is -2.20. The van der Waals surface area contributed by atoms with Gasteiger partial charge in [0.2, 0.25) is 0 Å². The first-order chi connectivity index (χ1) is 8.50. The monoisotopic (exact) mass is 250 g/mol. The molecule has 1 atom stereocenters. The van der Waals surface area contributed by atoms with Gasteiger partial charge in [0, 0.05) is 19.1 Å². The highest BCUT2D eigenvalue weighted by Gasteiger charge is 2.29. The van der Waals surface area contributed by atoms with E-state index in [4.69, 9.17) is 0 Å². The second-order valence-corrected chi connectivity index (χ2v) is 5.09. The molecule has 1 saturated heterocycles. The van der Waals surface area contributed by atoms with Crippen LogP contribution in [-0.4, -0.2) is 48.9 Å². The Morgan fingerprint density at radius 2 is 2.17 bits per heavy atom. The van der Waals surface area contributed by atoms with Gasteiger partial charge in [0.25, 0.3) is 5.91 Å². The average molecular weight is 250 g/mol. The van der Waals surface area contributed by atoms with Gasteiger partial charge in [-0.15, -0.1) is 0 Å². The van der Waals surface area contributed by atoms with Crippen LogP contribution in [0.2, 0.25) is 0 Å². The summed E-state index contributed by atoms with van der Waals surface area (Å²) in [5, 5.41) is 0. The number of halogens is 1. The highest BCUT2D eigenvalue weighted by Crippen LogP contribution is 2.19. The van der Waals surface area contributed by atoms with Crippen LogP contribution >= 0.6 is 0 Å². The van der Waals surface area contributed by atoms with E-state index >= 15 is 0 Å². The Morgan fingerprint density at radius 1 is 1.44 bits per heavy atom. The number of nitrogens with zero attached hydrogens (tertiary/aromatic N) is 2. The first-order valence-corrected chi connectivity index (χ1v) is 6.21. The predicted octanol–water partition coefficient (Wildman–Crippen LogP) is 1.91. The Morgan fingerprint density at radius 3 is 2.78 bits per heavy atom. The van der Waals surface area contributed by atoms with Crippen LogP contribution in [0.4, 0.5) is 4.39 Å². The zero-order valence-electron chi connectivity index (χ0n) is 11.1. The summed E-state index contributed by atoms with van der Waals surface area (Å²) in [5.41, 5.74) is 0.707. The van der Waals surface area contributed by atoms with Gasteiger partial charge in [0.15, 0.2) is 0 Å². The van der Waals surface area contributed by atoms with Crippen LogP contribution in [0.5, 0.6) is 0 Å². The fourth-order valence-electron chi connectivity index (χ4n) is 2.33. The number of hydrogen-bond acceptors (Lipinski definition) is 2. The van der Waals surface area contributed by atoms with Crippen molar-refractivity contribution in [2.45, 2.75) is 19.4 Å². The molecule has 0 bridgehead atoms. The lowest BCUT2D eigenvalue weighted by Crippen LogP contribution is -2.34. The fourth-order valence-corrected chi connectivity index (χ4v) is 2.33. The molecule has 0 aromatic heterocycles. The molecule has 3 nitrogen and oxygen atoms in total. The number of benzene rings is 1. The number of rotatable bonds is 2. The summed E-state index contributed by atoms with van der Waals surface area (Å²) in [6.45, 7) is 3.06. The van der Waals surface area contributed by atoms with Crippen molar-refractivity contribution in [3.05, 3.63) is 35.1 Å². The standard InChI is InChI=1S/C14H19FN2O/c1-10-5-4-6-12(13(10)15)14(18)17-8-7-11(9-17)16(2)3/h4-6,11H,7-9H2,1-3H3. The molecule has 0 radical (unpaired) electrons. The van der Waals surface area contributed by atoms with Crippen LogP contribution in [0, 0.1) is 12.7 Å². The fraction of sp³-hybridized carbons (Fsp3) is 0.500. The maximum atomic E-state index is 13.9. The number of likely N-dealkylation sites (N-methyl/N-ethyl adjacent to an activating group) is 1. The minimum Gasteiger partial charge on any atom is -0.337 e. The number of carbonyl (C=O) groups excluding carboxylic acids is 1. The van der Waals surface area contributed by atoms with E-state index in [-0.39, 0.29) is 11.5 Å². The maximum absolute atomic E-state index is 13.9. The van der Waals surface area contributed by atoms with Crippen molar-refractivity contribution in [3.63, 3.8) is 0 Å². The largest absolute Gasteiger partial charge is 0.337 e. The highest BCUT2D eigenvalue weighted by atomic mass is 19.1. The summed E-state index contributed by atoms with van der Waals surface area (Å²) in [4.78, 5) is 16.1. The summed E-state index contributed by atoms with van der Waals surface area (Å²) < 4.78 is 13.9. The predicted molar refractivity (Wildman–Crippen MR) is 69.1 cm³/mol. The minimum atomic E-state index is -0.393. The SMILES string of the molecule is Cc1cccc(C(=O)N2CCC(N(C)C)C2)c1F. The van der Waals surface area contributed by atoms with E-state index in [2.05, 4.69) is 4.90 Å². The molecule has 0 aliphatic carbocycles. The molecule has 1 aromatic carbocycles. The third kappa shape index (κ3) is 2.38. The van der Waals surface area contributed by atoms with Gasteiger partial charge in [-0.05, 0) is 39.1 Å². The molecular weight excluding hydrogens is 231 g/mol. The van der Waals surface area contributed by atoms with E-state index < -0.39 is 5.82 Å². The minimum absolute atomic E-state index is 0.189. The zero-order chi connectivity index (χ0) is 13.3. The topological polar surface area (TPSA) is 23.6 Å². The van der Waals surface area contributed by atoms with Gasteiger partial charge in [-0.2, -0.15) is 0 Å². The van der Waals surface area contributed by atoms with Crippen molar-refractivity contribution in [3.8, 4) is 0 Å². The molecular formula is C14H19FN2O. The lowest BCUT2D eigenvalue weighted by atomic mass is 10.1. The van der Waals surface area contributed by atoms with Crippen molar-refractivity contribution in [2.75, 3.05) is 27.2 Å². The zero-order valence-corrected chi connectivity index (χ0v) is 11.1. The van der Waals surface area contributed by atoms with Crippen molar-refractivity contribution < 1.29 is 9.18 Å². The summed E-state index contributed by atoms with van der Waals surface area (Å²) in [6.07, 6.45) is 0.951. The molecule has 1 aromatic rings. The Bertz CT molecular complexity index is 459. The van der Waals surface area contributed by atoms with Crippen LogP contribution in [-0.2, 0) is 0 Å². The van der Waals surface area contributed by atoms with Crippen molar-refractivity contribution in [1.29, 1.82) is 0 Å². The third-order valence-electron chi connectivity index (χ3n) is 3.60. The first kappa shape index (κ1) is 13.0. The van der Waals surface area contributed by atoms with E-state index in [0.717, 1.165) is 6.42 Å². The molecule has 4 heteroatoms. The number of carbonyl (C=O) groups is 1. The van der Waals surface area contributed by atoms with Gasteiger partial charge in [-0.1, -0.05) is 12.1 Å². The Labute approximate surface area is 107 Å². The summed E-state index contributed by atoms with van der Waals surface area (Å²) in [6, 6.07) is 5.35. The van der Waals surface area contributed by atoms with E-state index in [1.54, 1.807) is 30.0 Å². The number of aryl methyl sites for hydroxylation is 1. The molecule has 18 heavy (non-hydrogen) atoms. The van der Waals surface area contributed by atoms with Gasteiger partial charge in [0.05, 0.1) is 5.56 Å². The lowest BCUT2D eigenvalue weighted by molar-refractivity contribution is 0.0778. The van der Waals surface area contributed by atoms with Gasteiger partial charge in [0.1, 0.15) is 5.82 Å². The van der Waals surface area contributed by atoms with E-state index in [9.17, 15) is 9.18 Å². The van der Waals surface area contributed by atoms with Gasteiger partial charge >= 0.3 is 0 Å². The smallest absolute Gasteiger partial charge is 0.256 e. The Kier molecular flexibility index (Phi) is 3.66. The molecule has 1 aliphatic heterocycles. The normalized spacial score (nSPS) is 19.6. The van der Waals surface area contributed by atoms with Crippen molar-refractivity contribution in [1.82, 2.24) is 9.80 Å². The molecule has 98 valence electrons. The van der Waals surface area contributed by atoms with E-state index in [1.807, 2.05) is 14.1 Å². The van der Waals surface area contributed by atoms with Crippen LogP contribution in [0.15, 0.2) is 18.2 Å². The molecule has 1 fully saturated rings. The van der Waals surface area contributed by atoms with E-state index in [1.165, 1.54) is 0 Å². The quantitative estimate of drug-likeness (QED) is 0.800. The molecule has 1 unspecified atom stereocenters. The molecule has 1 aliphatic rings. The summed E-state index contributed by atoms with van der Waals surface area (Å²) >= 11 is 0. The van der Waals surface area contributed by atoms with Gasteiger partial charge < -0.3 is 9.80 Å². The molecule has 2 rings (SSSR count). The van der Waals surface area contributed by atoms with Crippen LogP contribution in [0.3, 0.4) is 0 Å². The summed E-state index contributed by atoms with van der Waals surface area (Å²) in [7, 11) is 4.01. The van der Waals surface area contributed by atoms with Crippen molar-refractivity contribution in [2.24, 2.45) is 0 Å². The van der Waals surface area contributed by atoms with Crippen LogP contribution in [0.1, 0.15) is 22.3 Å².